The Balaban J connectivity index is 2.24. The normalized spacial score (nSPS) is 9.95. The zero-order valence-corrected chi connectivity index (χ0v) is 11.4. The lowest BCUT2D eigenvalue weighted by Gasteiger charge is -2.09. The lowest BCUT2D eigenvalue weighted by molar-refractivity contribution is 0.0696. The van der Waals surface area contributed by atoms with Gasteiger partial charge in [0.1, 0.15) is 24.2 Å². The number of hydrogen-bond donors (Lipinski definition) is 1. The highest BCUT2D eigenvalue weighted by Gasteiger charge is 2.10. The van der Waals surface area contributed by atoms with E-state index in [9.17, 15) is 9.18 Å². The van der Waals surface area contributed by atoms with E-state index in [0.717, 1.165) is 6.07 Å². The predicted molar refractivity (Wildman–Crippen MR) is 73.9 cm³/mol. The van der Waals surface area contributed by atoms with Crippen molar-refractivity contribution in [2.45, 2.75) is 6.61 Å². The molecular weight excluding hydrogens is 297 g/mol. The van der Waals surface area contributed by atoms with E-state index in [0.29, 0.717) is 5.02 Å². The number of halogens is 2. The van der Waals surface area contributed by atoms with Gasteiger partial charge in [0.05, 0.1) is 11.1 Å². The molecule has 0 saturated carbocycles. The van der Waals surface area contributed by atoms with Crippen LogP contribution in [0, 0.1) is 17.1 Å². The number of rotatable bonds is 4. The molecule has 0 aliphatic carbocycles. The molecule has 2 aromatic carbocycles. The molecule has 6 heteroatoms. The van der Waals surface area contributed by atoms with E-state index in [1.807, 2.05) is 6.07 Å². The van der Waals surface area contributed by atoms with Crippen LogP contribution in [0.5, 0.6) is 5.75 Å². The molecule has 106 valence electrons. The third-order valence-corrected chi connectivity index (χ3v) is 2.98. The summed E-state index contributed by atoms with van der Waals surface area (Å²) in [5, 5.41) is 18.2. The number of benzene rings is 2. The van der Waals surface area contributed by atoms with Gasteiger partial charge in [0, 0.05) is 16.7 Å². The molecule has 0 aliphatic heterocycles. The summed E-state index contributed by atoms with van der Waals surface area (Å²) in [7, 11) is 0. The Hall–Kier alpha value is -2.58. The van der Waals surface area contributed by atoms with Crippen LogP contribution < -0.4 is 4.74 Å². The fraction of sp³-hybridized carbons (Fsp3) is 0.0667. The van der Waals surface area contributed by atoms with Crippen molar-refractivity contribution >= 4 is 17.6 Å². The molecule has 4 nitrogen and oxygen atoms in total. The molecular formula is C15H9ClFNO3. The average molecular weight is 306 g/mol. The molecule has 0 aliphatic rings. The van der Waals surface area contributed by atoms with Crippen molar-refractivity contribution in [2.24, 2.45) is 0 Å². The Kier molecular flexibility index (Phi) is 4.41. The number of aromatic carboxylic acids is 1. The van der Waals surface area contributed by atoms with Gasteiger partial charge >= 0.3 is 5.97 Å². The van der Waals surface area contributed by atoms with Gasteiger partial charge in [-0.1, -0.05) is 11.6 Å². The van der Waals surface area contributed by atoms with E-state index < -0.39 is 11.8 Å². The van der Waals surface area contributed by atoms with Gasteiger partial charge in [0.15, 0.2) is 0 Å². The molecule has 0 bridgehead atoms. The molecule has 0 heterocycles. The predicted octanol–water partition coefficient (Wildman–Crippen LogP) is 3.63. The second-order valence-corrected chi connectivity index (χ2v) is 4.59. The third kappa shape index (κ3) is 3.50. The monoisotopic (exact) mass is 305 g/mol. The summed E-state index contributed by atoms with van der Waals surface area (Å²) in [5.74, 6) is -1.53. The Morgan fingerprint density at radius 1 is 1.33 bits per heavy atom. The van der Waals surface area contributed by atoms with Gasteiger partial charge in [-0.15, -0.1) is 0 Å². The van der Waals surface area contributed by atoms with E-state index in [4.69, 9.17) is 26.7 Å². The Morgan fingerprint density at radius 3 is 2.76 bits per heavy atom. The van der Waals surface area contributed by atoms with Gasteiger partial charge in [-0.3, -0.25) is 0 Å². The van der Waals surface area contributed by atoms with Crippen molar-refractivity contribution in [3.05, 3.63) is 63.9 Å². The summed E-state index contributed by atoms with van der Waals surface area (Å²) in [6.07, 6.45) is 0. The summed E-state index contributed by atoms with van der Waals surface area (Å²) in [6, 6.07) is 9.82. The molecule has 2 aromatic rings. The topological polar surface area (TPSA) is 70.3 Å². The molecule has 21 heavy (non-hydrogen) atoms. The maximum Gasteiger partial charge on any atom is 0.335 e. The van der Waals surface area contributed by atoms with Crippen molar-refractivity contribution in [2.75, 3.05) is 0 Å². The van der Waals surface area contributed by atoms with Gasteiger partial charge in [0.2, 0.25) is 0 Å². The first-order valence-corrected chi connectivity index (χ1v) is 6.23. The first-order chi connectivity index (χ1) is 10.0. The number of ether oxygens (including phenoxy) is 1. The fourth-order valence-electron chi connectivity index (χ4n) is 1.68. The second kappa shape index (κ2) is 6.25. The molecule has 0 fully saturated rings. The van der Waals surface area contributed by atoms with E-state index >= 15 is 0 Å². The van der Waals surface area contributed by atoms with Crippen LogP contribution in [0.2, 0.25) is 5.02 Å². The number of nitrogens with zero attached hydrogens (tertiary/aromatic N) is 1. The number of hydrogen-bond acceptors (Lipinski definition) is 3. The highest BCUT2D eigenvalue weighted by atomic mass is 35.5. The average Bonchev–Trinajstić information content (AvgIpc) is 2.46. The van der Waals surface area contributed by atoms with Gasteiger partial charge < -0.3 is 9.84 Å². The van der Waals surface area contributed by atoms with Gasteiger partial charge in [-0.25, -0.2) is 9.18 Å². The minimum absolute atomic E-state index is 0.0402. The minimum atomic E-state index is -1.16. The van der Waals surface area contributed by atoms with Crippen molar-refractivity contribution in [3.63, 3.8) is 0 Å². The molecule has 0 spiro atoms. The largest absolute Gasteiger partial charge is 0.487 e. The first-order valence-electron chi connectivity index (χ1n) is 5.85. The lowest BCUT2D eigenvalue weighted by atomic mass is 10.1. The van der Waals surface area contributed by atoms with Crippen LogP contribution in [0.3, 0.4) is 0 Å². The fourth-order valence-corrected chi connectivity index (χ4v) is 1.84. The zero-order chi connectivity index (χ0) is 15.4. The first kappa shape index (κ1) is 14.8. The van der Waals surface area contributed by atoms with E-state index in [2.05, 4.69) is 0 Å². The quantitative estimate of drug-likeness (QED) is 0.936. The Bertz CT molecular complexity index is 740. The minimum Gasteiger partial charge on any atom is -0.487 e. The summed E-state index contributed by atoms with van der Waals surface area (Å²) in [4.78, 5) is 10.9. The second-order valence-electron chi connectivity index (χ2n) is 4.15. The molecule has 0 aromatic heterocycles. The van der Waals surface area contributed by atoms with Crippen molar-refractivity contribution in [1.82, 2.24) is 0 Å². The highest BCUT2D eigenvalue weighted by molar-refractivity contribution is 6.30. The summed E-state index contributed by atoms with van der Waals surface area (Å²) in [6.45, 7) is -0.206. The maximum atomic E-state index is 13.6. The van der Waals surface area contributed by atoms with Crippen LogP contribution in [-0.4, -0.2) is 11.1 Å². The summed E-state index contributed by atoms with van der Waals surface area (Å²) < 4.78 is 19.0. The maximum absolute atomic E-state index is 13.6. The molecule has 1 N–H and O–H groups in total. The smallest absolute Gasteiger partial charge is 0.335 e. The number of carboxylic acids is 1. The summed E-state index contributed by atoms with van der Waals surface area (Å²) >= 11 is 5.81. The highest BCUT2D eigenvalue weighted by Crippen LogP contribution is 2.24. The van der Waals surface area contributed by atoms with Crippen LogP contribution in [0.4, 0.5) is 4.39 Å². The van der Waals surface area contributed by atoms with E-state index in [-0.39, 0.29) is 29.0 Å². The van der Waals surface area contributed by atoms with Gasteiger partial charge in [0.25, 0.3) is 0 Å². The van der Waals surface area contributed by atoms with Crippen molar-refractivity contribution in [3.8, 4) is 11.8 Å². The van der Waals surface area contributed by atoms with Gasteiger partial charge in [-0.05, 0) is 30.3 Å². The molecule has 0 radical (unpaired) electrons. The lowest BCUT2D eigenvalue weighted by Crippen LogP contribution is -2.03. The van der Waals surface area contributed by atoms with Crippen LogP contribution in [0.25, 0.3) is 0 Å². The van der Waals surface area contributed by atoms with Gasteiger partial charge in [-0.2, -0.15) is 5.26 Å². The van der Waals surface area contributed by atoms with E-state index in [1.165, 1.54) is 24.3 Å². The number of nitriles is 1. The molecule has 2 rings (SSSR count). The van der Waals surface area contributed by atoms with Crippen LogP contribution in [-0.2, 0) is 6.61 Å². The summed E-state index contributed by atoms with van der Waals surface area (Å²) in [5.41, 5.74) is 0.301. The number of carboxylic acid groups (broad SMARTS) is 1. The Labute approximate surface area is 125 Å². The van der Waals surface area contributed by atoms with Crippen molar-refractivity contribution in [1.29, 1.82) is 5.26 Å². The van der Waals surface area contributed by atoms with Crippen LogP contribution in [0.1, 0.15) is 21.5 Å². The number of carbonyl (C=O) groups is 1. The molecule has 0 saturated heterocycles. The molecule has 0 unspecified atom stereocenters. The SMILES string of the molecule is N#Cc1ccc(Cl)cc1OCc1cc(C(=O)O)ccc1F. The standard InChI is InChI=1S/C15H9ClFNO3/c16-12-3-1-10(7-18)14(6-12)21-8-11-5-9(15(19)20)2-4-13(11)17/h1-6H,8H2,(H,19,20). The Morgan fingerprint density at radius 2 is 2.10 bits per heavy atom. The van der Waals surface area contributed by atoms with Crippen LogP contribution in [0.15, 0.2) is 36.4 Å². The van der Waals surface area contributed by atoms with E-state index in [1.54, 1.807) is 6.07 Å². The third-order valence-electron chi connectivity index (χ3n) is 2.74. The van der Waals surface area contributed by atoms with Crippen LogP contribution >= 0.6 is 11.6 Å². The van der Waals surface area contributed by atoms with Crippen molar-refractivity contribution < 1.29 is 19.0 Å². The molecule has 0 atom stereocenters. The zero-order valence-electron chi connectivity index (χ0n) is 10.6. The molecule has 0 amide bonds.